The Hall–Kier alpha value is -2.17. The zero-order chi connectivity index (χ0) is 15.9. The van der Waals surface area contributed by atoms with Crippen LogP contribution >= 0.6 is 0 Å². The van der Waals surface area contributed by atoms with Gasteiger partial charge >= 0.3 is 5.97 Å². The Morgan fingerprint density at radius 1 is 1.00 bits per heavy atom. The molecule has 0 radical (unpaired) electrons. The minimum Gasteiger partial charge on any atom is -0.423 e. The lowest BCUT2D eigenvalue weighted by molar-refractivity contribution is -0.0392. The number of carbonyl (C=O) groups excluding carboxylic acids is 1. The molecule has 1 aliphatic heterocycles. The Bertz CT molecular complexity index is 633. The summed E-state index contributed by atoms with van der Waals surface area (Å²) in [5, 5.41) is 0. The van der Waals surface area contributed by atoms with Gasteiger partial charge in [0.05, 0.1) is 18.3 Å². The Balaban J connectivity index is 1.66. The lowest BCUT2D eigenvalue weighted by atomic mass is 10.1. The first-order valence-corrected chi connectivity index (χ1v) is 7.87. The summed E-state index contributed by atoms with van der Waals surface area (Å²) in [4.78, 5) is 12.4. The van der Waals surface area contributed by atoms with E-state index >= 15 is 0 Å². The fourth-order valence-corrected chi connectivity index (χ4v) is 2.55. The van der Waals surface area contributed by atoms with Crippen molar-refractivity contribution in [2.75, 3.05) is 13.2 Å². The number of hydrogen-bond acceptors (Lipinski definition) is 4. The number of benzene rings is 2. The molecule has 120 valence electrons. The van der Waals surface area contributed by atoms with Crippen LogP contribution in [0, 0.1) is 0 Å². The van der Waals surface area contributed by atoms with Crippen molar-refractivity contribution in [3.63, 3.8) is 0 Å². The predicted molar refractivity (Wildman–Crippen MR) is 86.5 cm³/mol. The van der Waals surface area contributed by atoms with Crippen LogP contribution in [0.3, 0.4) is 0 Å². The number of rotatable bonds is 5. The lowest BCUT2D eigenvalue weighted by Crippen LogP contribution is -2.23. The Labute approximate surface area is 136 Å². The number of ether oxygens (including phenoxy) is 3. The topological polar surface area (TPSA) is 44.8 Å². The van der Waals surface area contributed by atoms with Crippen LogP contribution < -0.4 is 4.74 Å². The molecule has 0 bridgehead atoms. The Morgan fingerprint density at radius 2 is 1.70 bits per heavy atom. The fraction of sp³-hybridized carbons (Fsp3) is 0.316. The summed E-state index contributed by atoms with van der Waals surface area (Å²) in [7, 11) is 0. The van der Waals surface area contributed by atoms with Gasteiger partial charge in [0.25, 0.3) is 0 Å². The van der Waals surface area contributed by atoms with Crippen LogP contribution in [0.4, 0.5) is 0 Å². The van der Waals surface area contributed by atoms with E-state index in [4.69, 9.17) is 14.2 Å². The molecule has 4 heteroatoms. The molecule has 0 unspecified atom stereocenters. The largest absolute Gasteiger partial charge is 0.423 e. The Kier molecular flexibility index (Phi) is 5.40. The van der Waals surface area contributed by atoms with Crippen molar-refractivity contribution in [2.45, 2.75) is 25.6 Å². The summed E-state index contributed by atoms with van der Waals surface area (Å²) in [6.45, 7) is 1.88. The SMILES string of the molecule is O=C(Oc1ccccc1)c1ccccc1COC1CCOCC1. The molecule has 0 saturated carbocycles. The highest BCUT2D eigenvalue weighted by molar-refractivity contribution is 5.92. The van der Waals surface area contributed by atoms with Crippen LogP contribution in [0.25, 0.3) is 0 Å². The zero-order valence-corrected chi connectivity index (χ0v) is 12.9. The highest BCUT2D eigenvalue weighted by atomic mass is 16.5. The molecule has 0 atom stereocenters. The average Bonchev–Trinajstić information content (AvgIpc) is 2.62. The molecule has 1 saturated heterocycles. The predicted octanol–water partition coefficient (Wildman–Crippen LogP) is 3.60. The van der Waals surface area contributed by atoms with Crippen molar-refractivity contribution in [1.29, 1.82) is 0 Å². The van der Waals surface area contributed by atoms with Crippen LogP contribution in [-0.2, 0) is 16.1 Å². The number of esters is 1. The molecule has 0 amide bonds. The maximum Gasteiger partial charge on any atom is 0.343 e. The van der Waals surface area contributed by atoms with E-state index in [0.717, 1.165) is 31.6 Å². The summed E-state index contributed by atoms with van der Waals surface area (Å²) >= 11 is 0. The van der Waals surface area contributed by atoms with E-state index in [9.17, 15) is 4.79 Å². The minimum absolute atomic E-state index is 0.196. The monoisotopic (exact) mass is 312 g/mol. The van der Waals surface area contributed by atoms with Gasteiger partial charge in [-0.1, -0.05) is 36.4 Å². The molecule has 1 fully saturated rings. The van der Waals surface area contributed by atoms with Crippen molar-refractivity contribution >= 4 is 5.97 Å². The van der Waals surface area contributed by atoms with Gasteiger partial charge in [0, 0.05) is 13.2 Å². The molecular weight excluding hydrogens is 292 g/mol. The molecule has 2 aromatic carbocycles. The van der Waals surface area contributed by atoms with Crippen LogP contribution in [0.2, 0.25) is 0 Å². The number of hydrogen-bond donors (Lipinski definition) is 0. The third kappa shape index (κ3) is 4.41. The smallest absolute Gasteiger partial charge is 0.343 e. The van der Waals surface area contributed by atoms with Crippen molar-refractivity contribution < 1.29 is 19.0 Å². The molecule has 0 spiro atoms. The second-order valence-electron chi connectivity index (χ2n) is 5.48. The average molecular weight is 312 g/mol. The van der Waals surface area contributed by atoms with Crippen LogP contribution in [-0.4, -0.2) is 25.3 Å². The molecule has 1 heterocycles. The third-order valence-corrected chi connectivity index (χ3v) is 3.83. The highest BCUT2D eigenvalue weighted by Crippen LogP contribution is 2.18. The molecule has 1 aliphatic rings. The van der Waals surface area contributed by atoms with Crippen LogP contribution in [0.15, 0.2) is 54.6 Å². The van der Waals surface area contributed by atoms with Crippen molar-refractivity contribution in [3.8, 4) is 5.75 Å². The lowest BCUT2D eigenvalue weighted by Gasteiger charge is -2.22. The van der Waals surface area contributed by atoms with E-state index in [2.05, 4.69) is 0 Å². The van der Waals surface area contributed by atoms with Gasteiger partial charge in [-0.2, -0.15) is 0 Å². The maximum absolute atomic E-state index is 12.4. The summed E-state index contributed by atoms with van der Waals surface area (Å²) < 4.78 is 16.7. The molecule has 0 N–H and O–H groups in total. The molecule has 3 rings (SSSR count). The van der Waals surface area contributed by atoms with Gasteiger partial charge in [-0.3, -0.25) is 0 Å². The number of carbonyl (C=O) groups is 1. The van der Waals surface area contributed by atoms with Gasteiger partial charge in [-0.15, -0.1) is 0 Å². The third-order valence-electron chi connectivity index (χ3n) is 3.83. The quantitative estimate of drug-likeness (QED) is 0.625. The van der Waals surface area contributed by atoms with Gasteiger partial charge in [-0.05, 0) is 36.6 Å². The Morgan fingerprint density at radius 3 is 2.48 bits per heavy atom. The normalized spacial score (nSPS) is 15.3. The molecular formula is C19H20O4. The van der Waals surface area contributed by atoms with E-state index in [1.807, 2.05) is 36.4 Å². The van der Waals surface area contributed by atoms with Crippen molar-refractivity contribution in [2.24, 2.45) is 0 Å². The van der Waals surface area contributed by atoms with E-state index in [1.165, 1.54) is 0 Å². The summed E-state index contributed by atoms with van der Waals surface area (Å²) in [5.41, 5.74) is 1.39. The van der Waals surface area contributed by atoms with E-state index in [0.29, 0.717) is 17.9 Å². The fourth-order valence-electron chi connectivity index (χ4n) is 2.55. The second kappa shape index (κ2) is 7.90. The van der Waals surface area contributed by atoms with Crippen molar-refractivity contribution in [3.05, 3.63) is 65.7 Å². The van der Waals surface area contributed by atoms with Crippen LogP contribution in [0.5, 0.6) is 5.75 Å². The van der Waals surface area contributed by atoms with Gasteiger partial charge in [-0.25, -0.2) is 4.79 Å². The standard InChI is InChI=1S/C19H20O4/c20-19(23-17-7-2-1-3-8-17)18-9-5-4-6-15(18)14-22-16-10-12-21-13-11-16/h1-9,16H,10-14H2. The first kappa shape index (κ1) is 15.7. The van der Waals surface area contributed by atoms with E-state index in [-0.39, 0.29) is 12.1 Å². The van der Waals surface area contributed by atoms with Gasteiger partial charge in [0.1, 0.15) is 5.75 Å². The molecule has 0 aromatic heterocycles. The van der Waals surface area contributed by atoms with E-state index in [1.54, 1.807) is 18.2 Å². The molecule has 0 aliphatic carbocycles. The van der Waals surface area contributed by atoms with Gasteiger partial charge in [0.15, 0.2) is 0 Å². The van der Waals surface area contributed by atoms with Crippen molar-refractivity contribution in [1.82, 2.24) is 0 Å². The van der Waals surface area contributed by atoms with E-state index < -0.39 is 0 Å². The first-order chi connectivity index (χ1) is 11.3. The minimum atomic E-state index is -0.359. The molecule has 23 heavy (non-hydrogen) atoms. The second-order valence-corrected chi connectivity index (χ2v) is 5.48. The summed E-state index contributed by atoms with van der Waals surface area (Å²) in [5.74, 6) is 0.181. The molecule has 2 aromatic rings. The van der Waals surface area contributed by atoms with Gasteiger partial charge in [0.2, 0.25) is 0 Å². The number of para-hydroxylation sites is 1. The van der Waals surface area contributed by atoms with Gasteiger partial charge < -0.3 is 14.2 Å². The first-order valence-electron chi connectivity index (χ1n) is 7.87. The maximum atomic E-state index is 12.4. The van der Waals surface area contributed by atoms with Crippen LogP contribution in [0.1, 0.15) is 28.8 Å². The highest BCUT2D eigenvalue weighted by Gasteiger charge is 2.17. The zero-order valence-electron chi connectivity index (χ0n) is 12.9. The summed E-state index contributed by atoms with van der Waals surface area (Å²) in [6, 6.07) is 16.5. The molecule has 4 nitrogen and oxygen atoms in total. The summed E-state index contributed by atoms with van der Waals surface area (Å²) in [6.07, 6.45) is 2.00.